The predicted molar refractivity (Wildman–Crippen MR) is 97.5 cm³/mol. The van der Waals surface area contributed by atoms with Crippen LogP contribution in [0.4, 0.5) is 0 Å². The average Bonchev–Trinajstić information content (AvgIpc) is 2.64. The van der Waals surface area contributed by atoms with E-state index in [0.717, 1.165) is 49.0 Å². The quantitative estimate of drug-likeness (QED) is 0.473. The molecule has 24 heavy (non-hydrogen) atoms. The molecule has 0 heterocycles. The van der Waals surface area contributed by atoms with Crippen molar-refractivity contribution in [3.63, 3.8) is 0 Å². The third-order valence-electron chi connectivity index (χ3n) is 4.06. The van der Waals surface area contributed by atoms with Crippen molar-refractivity contribution in [2.24, 2.45) is 0 Å². The van der Waals surface area contributed by atoms with E-state index in [2.05, 4.69) is 0 Å². The molecular weight excluding hydrogens is 300 g/mol. The summed E-state index contributed by atoms with van der Waals surface area (Å²) in [6.45, 7) is 1.05. The van der Waals surface area contributed by atoms with Gasteiger partial charge in [0, 0.05) is 12.2 Å². The van der Waals surface area contributed by atoms with Gasteiger partial charge in [-0.1, -0.05) is 62.1 Å². The maximum absolute atomic E-state index is 10.7. The molecule has 0 aliphatic heterocycles. The van der Waals surface area contributed by atoms with Gasteiger partial charge in [0.25, 0.3) is 0 Å². The molecule has 0 aromatic heterocycles. The molecule has 0 fully saturated rings. The number of aliphatic hydroxyl groups is 1. The van der Waals surface area contributed by atoms with Crippen molar-refractivity contribution in [3.05, 3.63) is 54.1 Å². The Hall–Kier alpha value is -2.13. The first-order chi connectivity index (χ1) is 11.8. The van der Waals surface area contributed by atoms with Crippen LogP contribution in [0.15, 0.2) is 48.5 Å². The van der Waals surface area contributed by atoms with Crippen molar-refractivity contribution >= 4 is 6.29 Å². The summed E-state index contributed by atoms with van der Waals surface area (Å²) < 4.78 is 5.77. The molecule has 2 aromatic rings. The SMILES string of the molecule is O=Cc1ccc(-c2ccc(OCCCCCCCCO)cc2)cc1. The molecule has 0 amide bonds. The zero-order valence-electron chi connectivity index (χ0n) is 14.1. The molecule has 0 radical (unpaired) electrons. The van der Waals surface area contributed by atoms with E-state index in [1.807, 2.05) is 48.5 Å². The highest BCUT2D eigenvalue weighted by Crippen LogP contribution is 2.22. The lowest BCUT2D eigenvalue weighted by Gasteiger charge is -2.08. The number of hydrogen-bond acceptors (Lipinski definition) is 3. The van der Waals surface area contributed by atoms with Gasteiger partial charge in [-0.2, -0.15) is 0 Å². The second kappa shape index (κ2) is 10.6. The van der Waals surface area contributed by atoms with Gasteiger partial charge in [0.15, 0.2) is 0 Å². The minimum atomic E-state index is 0.306. The van der Waals surface area contributed by atoms with Crippen LogP contribution in [0.2, 0.25) is 0 Å². The van der Waals surface area contributed by atoms with Gasteiger partial charge in [-0.05, 0) is 36.1 Å². The van der Waals surface area contributed by atoms with Crippen molar-refractivity contribution < 1.29 is 14.6 Å². The summed E-state index contributed by atoms with van der Waals surface area (Å²) in [5.41, 5.74) is 2.90. The highest BCUT2D eigenvalue weighted by atomic mass is 16.5. The lowest BCUT2D eigenvalue weighted by atomic mass is 10.0. The molecule has 128 valence electrons. The Labute approximate surface area is 144 Å². The Balaban J connectivity index is 1.71. The molecule has 2 rings (SSSR count). The summed E-state index contributed by atoms with van der Waals surface area (Å²) in [6, 6.07) is 15.6. The van der Waals surface area contributed by atoms with Crippen LogP contribution in [0.5, 0.6) is 5.75 Å². The molecule has 0 bridgehead atoms. The summed E-state index contributed by atoms with van der Waals surface area (Å²) in [5.74, 6) is 0.892. The highest BCUT2D eigenvalue weighted by Gasteiger charge is 2.00. The standard InChI is InChI=1S/C21H26O3/c22-15-5-3-1-2-4-6-16-24-21-13-11-20(12-14-21)19-9-7-18(17-23)8-10-19/h7-14,17,22H,1-6,15-16H2. The fourth-order valence-corrected chi connectivity index (χ4v) is 2.61. The monoisotopic (exact) mass is 326 g/mol. The Morgan fingerprint density at radius 3 is 1.88 bits per heavy atom. The van der Waals surface area contributed by atoms with Crippen LogP contribution in [-0.2, 0) is 0 Å². The first kappa shape index (κ1) is 18.2. The summed E-state index contributed by atoms with van der Waals surface area (Å²) in [6.07, 6.45) is 7.53. The van der Waals surface area contributed by atoms with Gasteiger partial charge in [-0.15, -0.1) is 0 Å². The molecule has 0 aliphatic carbocycles. The predicted octanol–water partition coefficient (Wildman–Crippen LogP) is 4.88. The van der Waals surface area contributed by atoms with Gasteiger partial charge in [-0.25, -0.2) is 0 Å². The van der Waals surface area contributed by atoms with E-state index in [-0.39, 0.29) is 0 Å². The minimum Gasteiger partial charge on any atom is -0.494 e. The number of unbranched alkanes of at least 4 members (excludes halogenated alkanes) is 5. The van der Waals surface area contributed by atoms with E-state index in [9.17, 15) is 4.79 Å². The normalized spacial score (nSPS) is 10.5. The Morgan fingerprint density at radius 2 is 1.29 bits per heavy atom. The number of benzene rings is 2. The van der Waals surface area contributed by atoms with Gasteiger partial charge >= 0.3 is 0 Å². The number of aliphatic hydroxyl groups excluding tert-OH is 1. The van der Waals surface area contributed by atoms with E-state index in [4.69, 9.17) is 9.84 Å². The number of ether oxygens (including phenoxy) is 1. The molecule has 2 aromatic carbocycles. The van der Waals surface area contributed by atoms with Crippen molar-refractivity contribution in [3.8, 4) is 16.9 Å². The molecule has 0 saturated heterocycles. The summed E-state index contributed by atoms with van der Waals surface area (Å²) in [7, 11) is 0. The molecule has 0 saturated carbocycles. The van der Waals surface area contributed by atoms with Crippen LogP contribution in [-0.4, -0.2) is 24.6 Å². The van der Waals surface area contributed by atoms with E-state index in [1.54, 1.807) is 0 Å². The first-order valence-electron chi connectivity index (χ1n) is 8.73. The fraction of sp³-hybridized carbons (Fsp3) is 0.381. The van der Waals surface area contributed by atoms with Gasteiger partial charge < -0.3 is 9.84 Å². The number of rotatable bonds is 11. The van der Waals surface area contributed by atoms with E-state index < -0.39 is 0 Å². The molecule has 0 aliphatic rings. The molecule has 3 nitrogen and oxygen atoms in total. The van der Waals surface area contributed by atoms with Gasteiger partial charge in [0.05, 0.1) is 6.61 Å². The smallest absolute Gasteiger partial charge is 0.150 e. The van der Waals surface area contributed by atoms with E-state index >= 15 is 0 Å². The van der Waals surface area contributed by atoms with Crippen LogP contribution in [0.1, 0.15) is 48.9 Å². The molecule has 0 spiro atoms. The third kappa shape index (κ3) is 6.17. The zero-order valence-corrected chi connectivity index (χ0v) is 14.1. The number of aldehydes is 1. The van der Waals surface area contributed by atoms with Crippen LogP contribution in [0.3, 0.4) is 0 Å². The van der Waals surface area contributed by atoms with Crippen LogP contribution in [0, 0.1) is 0 Å². The van der Waals surface area contributed by atoms with Crippen molar-refractivity contribution in [1.29, 1.82) is 0 Å². The maximum atomic E-state index is 10.7. The van der Waals surface area contributed by atoms with Gasteiger partial charge in [-0.3, -0.25) is 4.79 Å². The average molecular weight is 326 g/mol. The van der Waals surface area contributed by atoms with E-state index in [1.165, 1.54) is 19.3 Å². The largest absolute Gasteiger partial charge is 0.494 e. The van der Waals surface area contributed by atoms with Crippen molar-refractivity contribution in [1.82, 2.24) is 0 Å². The molecular formula is C21H26O3. The lowest BCUT2D eigenvalue weighted by Crippen LogP contribution is -1.97. The summed E-state index contributed by atoms with van der Waals surface area (Å²) in [4.78, 5) is 10.7. The second-order valence-corrected chi connectivity index (χ2v) is 5.96. The van der Waals surface area contributed by atoms with Gasteiger partial charge in [0.2, 0.25) is 0 Å². The van der Waals surface area contributed by atoms with Crippen LogP contribution >= 0.6 is 0 Å². The topological polar surface area (TPSA) is 46.5 Å². The van der Waals surface area contributed by atoms with Gasteiger partial charge in [0.1, 0.15) is 12.0 Å². The summed E-state index contributed by atoms with van der Waals surface area (Å²) in [5, 5.41) is 8.71. The Bertz CT molecular complexity index is 587. The fourth-order valence-electron chi connectivity index (χ4n) is 2.61. The maximum Gasteiger partial charge on any atom is 0.150 e. The molecule has 0 atom stereocenters. The molecule has 0 unspecified atom stereocenters. The molecule has 1 N–H and O–H groups in total. The zero-order chi connectivity index (χ0) is 17.0. The minimum absolute atomic E-state index is 0.306. The summed E-state index contributed by atoms with van der Waals surface area (Å²) >= 11 is 0. The van der Waals surface area contributed by atoms with Crippen molar-refractivity contribution in [2.75, 3.05) is 13.2 Å². The van der Waals surface area contributed by atoms with Crippen molar-refractivity contribution in [2.45, 2.75) is 38.5 Å². The highest BCUT2D eigenvalue weighted by molar-refractivity contribution is 5.76. The Kier molecular flexibility index (Phi) is 8.05. The third-order valence-corrected chi connectivity index (χ3v) is 4.06. The number of carbonyl (C=O) groups excluding carboxylic acids is 1. The number of carbonyl (C=O) groups is 1. The van der Waals surface area contributed by atoms with Crippen LogP contribution < -0.4 is 4.74 Å². The second-order valence-electron chi connectivity index (χ2n) is 5.96. The first-order valence-corrected chi connectivity index (χ1v) is 8.73. The van der Waals surface area contributed by atoms with E-state index in [0.29, 0.717) is 12.2 Å². The lowest BCUT2D eigenvalue weighted by molar-refractivity contribution is 0.112. The Morgan fingerprint density at radius 1 is 0.750 bits per heavy atom. The van der Waals surface area contributed by atoms with Crippen LogP contribution in [0.25, 0.3) is 11.1 Å². The molecule has 3 heteroatoms. The number of hydrogen-bond donors (Lipinski definition) is 1.